The number of rotatable bonds is 2. The number of halogens is 1. The lowest BCUT2D eigenvalue weighted by atomic mass is 10.2. The SMILES string of the molecule is Clc1[nH]c(Oc2ccccc2)c2ccccc12. The number of fused-ring (bicyclic) bond motifs is 1. The molecule has 17 heavy (non-hydrogen) atoms. The Morgan fingerprint density at radius 2 is 1.47 bits per heavy atom. The smallest absolute Gasteiger partial charge is 0.206 e. The highest BCUT2D eigenvalue weighted by molar-refractivity contribution is 6.35. The van der Waals surface area contributed by atoms with Crippen molar-refractivity contribution < 1.29 is 4.74 Å². The highest BCUT2D eigenvalue weighted by Crippen LogP contribution is 2.33. The molecule has 0 fully saturated rings. The Labute approximate surface area is 104 Å². The monoisotopic (exact) mass is 243 g/mol. The number of para-hydroxylation sites is 1. The second-order valence-corrected chi connectivity index (χ2v) is 4.11. The fourth-order valence-electron chi connectivity index (χ4n) is 1.79. The van der Waals surface area contributed by atoms with Gasteiger partial charge in [0.05, 0.1) is 0 Å². The third kappa shape index (κ3) is 1.87. The van der Waals surface area contributed by atoms with Gasteiger partial charge in [0.25, 0.3) is 0 Å². The normalized spacial score (nSPS) is 10.6. The first-order valence-electron chi connectivity index (χ1n) is 5.34. The lowest BCUT2D eigenvalue weighted by Gasteiger charge is -2.02. The maximum atomic E-state index is 6.11. The average Bonchev–Trinajstić information content (AvgIpc) is 2.69. The molecule has 1 N–H and O–H groups in total. The van der Waals surface area contributed by atoms with Crippen molar-refractivity contribution >= 4 is 22.4 Å². The minimum atomic E-state index is 0.603. The zero-order valence-corrected chi connectivity index (χ0v) is 9.74. The van der Waals surface area contributed by atoms with Gasteiger partial charge in [0, 0.05) is 10.8 Å². The average molecular weight is 244 g/mol. The van der Waals surface area contributed by atoms with Crippen molar-refractivity contribution in [3.8, 4) is 11.6 Å². The van der Waals surface area contributed by atoms with Crippen LogP contribution in [0.15, 0.2) is 54.6 Å². The molecule has 3 aromatic rings. The number of aromatic amines is 1. The molecule has 0 radical (unpaired) electrons. The largest absolute Gasteiger partial charge is 0.440 e. The number of benzene rings is 2. The molecule has 1 aromatic heterocycles. The number of ether oxygens (including phenoxy) is 1. The molecule has 1 heterocycles. The molecule has 3 rings (SSSR count). The Bertz CT molecular complexity index is 646. The van der Waals surface area contributed by atoms with E-state index in [1.54, 1.807) is 0 Å². The quantitative estimate of drug-likeness (QED) is 0.698. The van der Waals surface area contributed by atoms with Crippen LogP contribution in [0.5, 0.6) is 11.6 Å². The molecule has 0 aliphatic carbocycles. The number of aromatic nitrogens is 1. The highest BCUT2D eigenvalue weighted by atomic mass is 35.5. The fourth-order valence-corrected chi connectivity index (χ4v) is 2.04. The third-order valence-corrected chi connectivity index (χ3v) is 2.89. The number of H-pyrrole nitrogens is 1. The van der Waals surface area contributed by atoms with E-state index in [9.17, 15) is 0 Å². The van der Waals surface area contributed by atoms with E-state index in [-0.39, 0.29) is 0 Å². The van der Waals surface area contributed by atoms with Gasteiger partial charge in [-0.3, -0.25) is 0 Å². The Morgan fingerprint density at radius 3 is 2.24 bits per heavy atom. The van der Waals surface area contributed by atoms with Crippen molar-refractivity contribution in [2.75, 3.05) is 0 Å². The van der Waals surface area contributed by atoms with Gasteiger partial charge in [-0.1, -0.05) is 48.0 Å². The van der Waals surface area contributed by atoms with Crippen LogP contribution in [0.1, 0.15) is 0 Å². The van der Waals surface area contributed by atoms with Crippen LogP contribution < -0.4 is 4.74 Å². The Morgan fingerprint density at radius 1 is 0.824 bits per heavy atom. The first-order chi connectivity index (χ1) is 8.34. The van der Waals surface area contributed by atoms with Gasteiger partial charge in [-0.2, -0.15) is 0 Å². The van der Waals surface area contributed by atoms with Crippen molar-refractivity contribution in [2.45, 2.75) is 0 Å². The van der Waals surface area contributed by atoms with E-state index < -0.39 is 0 Å². The molecule has 0 saturated heterocycles. The van der Waals surface area contributed by atoms with Crippen LogP contribution >= 0.6 is 11.6 Å². The summed E-state index contributed by atoms with van der Waals surface area (Å²) in [6.45, 7) is 0. The van der Waals surface area contributed by atoms with E-state index in [1.165, 1.54) is 0 Å². The van der Waals surface area contributed by atoms with Crippen LogP contribution in [0.2, 0.25) is 5.15 Å². The third-order valence-electron chi connectivity index (χ3n) is 2.59. The van der Waals surface area contributed by atoms with Crippen molar-refractivity contribution in [1.82, 2.24) is 4.98 Å². The predicted octanol–water partition coefficient (Wildman–Crippen LogP) is 4.61. The van der Waals surface area contributed by atoms with E-state index in [4.69, 9.17) is 16.3 Å². The molecule has 0 aliphatic rings. The maximum absolute atomic E-state index is 6.11. The van der Waals surface area contributed by atoms with Gasteiger partial charge in [0.1, 0.15) is 10.9 Å². The zero-order chi connectivity index (χ0) is 11.7. The summed E-state index contributed by atoms with van der Waals surface area (Å²) < 4.78 is 5.77. The van der Waals surface area contributed by atoms with E-state index in [0.717, 1.165) is 16.5 Å². The van der Waals surface area contributed by atoms with Gasteiger partial charge < -0.3 is 9.72 Å². The lowest BCUT2D eigenvalue weighted by molar-refractivity contribution is 0.471. The topological polar surface area (TPSA) is 25.0 Å². The van der Waals surface area contributed by atoms with Crippen LogP contribution in [0, 0.1) is 0 Å². The van der Waals surface area contributed by atoms with Gasteiger partial charge in [0.15, 0.2) is 0 Å². The molecule has 0 amide bonds. The molecular formula is C14H10ClNO. The van der Waals surface area contributed by atoms with Crippen LogP contribution in [-0.2, 0) is 0 Å². The molecule has 2 nitrogen and oxygen atoms in total. The number of nitrogens with one attached hydrogen (secondary N) is 1. The van der Waals surface area contributed by atoms with Gasteiger partial charge >= 0.3 is 0 Å². The lowest BCUT2D eigenvalue weighted by Crippen LogP contribution is -1.83. The Hall–Kier alpha value is -1.93. The molecule has 84 valence electrons. The second kappa shape index (κ2) is 4.15. The predicted molar refractivity (Wildman–Crippen MR) is 69.8 cm³/mol. The summed E-state index contributed by atoms with van der Waals surface area (Å²) in [7, 11) is 0. The van der Waals surface area contributed by atoms with E-state index >= 15 is 0 Å². The van der Waals surface area contributed by atoms with Gasteiger partial charge in [0.2, 0.25) is 5.88 Å². The molecule has 2 aromatic carbocycles. The summed E-state index contributed by atoms with van der Waals surface area (Å²) in [4.78, 5) is 3.04. The van der Waals surface area contributed by atoms with Crippen molar-refractivity contribution in [1.29, 1.82) is 0 Å². The van der Waals surface area contributed by atoms with Crippen molar-refractivity contribution in [3.05, 3.63) is 59.8 Å². The minimum absolute atomic E-state index is 0.603. The van der Waals surface area contributed by atoms with Crippen molar-refractivity contribution in [2.24, 2.45) is 0 Å². The van der Waals surface area contributed by atoms with Gasteiger partial charge in [-0.05, 0) is 18.2 Å². The minimum Gasteiger partial charge on any atom is -0.440 e. The van der Waals surface area contributed by atoms with Crippen molar-refractivity contribution in [3.63, 3.8) is 0 Å². The molecule has 0 atom stereocenters. The van der Waals surface area contributed by atoms with Crippen LogP contribution in [0.3, 0.4) is 0 Å². The first kappa shape index (κ1) is 10.2. The molecule has 0 bridgehead atoms. The molecule has 0 saturated carbocycles. The maximum Gasteiger partial charge on any atom is 0.206 e. The van der Waals surface area contributed by atoms with E-state index in [0.29, 0.717) is 11.0 Å². The van der Waals surface area contributed by atoms with Crippen LogP contribution in [0.4, 0.5) is 0 Å². The Kier molecular flexibility index (Phi) is 2.50. The van der Waals surface area contributed by atoms with E-state index in [2.05, 4.69) is 4.98 Å². The summed E-state index contributed by atoms with van der Waals surface area (Å²) in [5.74, 6) is 1.47. The fraction of sp³-hybridized carbons (Fsp3) is 0. The summed E-state index contributed by atoms with van der Waals surface area (Å²) >= 11 is 6.11. The number of hydrogen-bond donors (Lipinski definition) is 1. The zero-order valence-electron chi connectivity index (χ0n) is 8.98. The van der Waals surface area contributed by atoms with E-state index in [1.807, 2.05) is 54.6 Å². The molecule has 3 heteroatoms. The first-order valence-corrected chi connectivity index (χ1v) is 5.71. The highest BCUT2D eigenvalue weighted by Gasteiger charge is 2.09. The standard InChI is InChI=1S/C14H10ClNO/c15-13-11-8-4-5-9-12(11)14(16-13)17-10-6-2-1-3-7-10/h1-9,16H. The van der Waals surface area contributed by atoms with Crippen LogP contribution in [0.25, 0.3) is 10.8 Å². The molecule has 0 unspecified atom stereocenters. The summed E-state index contributed by atoms with van der Waals surface area (Å²) in [6, 6.07) is 17.5. The number of hydrogen-bond acceptors (Lipinski definition) is 1. The Balaban J connectivity index is 2.07. The van der Waals surface area contributed by atoms with Gasteiger partial charge in [-0.15, -0.1) is 0 Å². The van der Waals surface area contributed by atoms with Gasteiger partial charge in [-0.25, -0.2) is 0 Å². The molecular weight excluding hydrogens is 234 g/mol. The summed E-state index contributed by atoms with van der Waals surface area (Å²) in [5.41, 5.74) is 0. The summed E-state index contributed by atoms with van der Waals surface area (Å²) in [6.07, 6.45) is 0. The second-order valence-electron chi connectivity index (χ2n) is 3.73. The molecule has 0 aliphatic heterocycles. The molecule has 0 spiro atoms. The summed E-state index contributed by atoms with van der Waals surface area (Å²) in [5, 5.41) is 2.56. The van der Waals surface area contributed by atoms with Crippen LogP contribution in [-0.4, -0.2) is 4.98 Å².